The van der Waals surface area contributed by atoms with E-state index in [1.54, 1.807) is 0 Å². The summed E-state index contributed by atoms with van der Waals surface area (Å²) in [6, 6.07) is 15.9. The summed E-state index contributed by atoms with van der Waals surface area (Å²) in [5, 5.41) is 4.17. The molecule has 1 spiro atoms. The fourth-order valence-electron chi connectivity index (χ4n) is 4.51. The maximum Gasteiger partial charge on any atom is 0.258 e. The third-order valence-electron chi connectivity index (χ3n) is 5.91. The lowest BCUT2D eigenvalue weighted by Crippen LogP contribution is -2.58. The predicted molar refractivity (Wildman–Crippen MR) is 121 cm³/mol. The Morgan fingerprint density at radius 3 is 2.55 bits per heavy atom. The van der Waals surface area contributed by atoms with E-state index in [1.165, 1.54) is 6.42 Å². The fraction of sp³-hybridized carbons (Fsp3) is 0.304. The molecule has 1 aliphatic heterocycles. The van der Waals surface area contributed by atoms with Gasteiger partial charge in [0.05, 0.1) is 0 Å². The fourth-order valence-corrected chi connectivity index (χ4v) is 4.51. The summed E-state index contributed by atoms with van der Waals surface area (Å²) in [5.41, 5.74) is 15.6. The molecule has 2 heterocycles. The van der Waals surface area contributed by atoms with Crippen molar-refractivity contribution in [2.45, 2.75) is 44.7 Å². The van der Waals surface area contributed by atoms with Crippen LogP contribution in [0.3, 0.4) is 0 Å². The van der Waals surface area contributed by atoms with Gasteiger partial charge in [-0.05, 0) is 56.9 Å². The Hall–Kier alpha value is -3.68. The molecule has 4 N–H and O–H groups in total. The van der Waals surface area contributed by atoms with Crippen LogP contribution < -0.4 is 16.4 Å². The minimum atomic E-state index is -0.492. The summed E-state index contributed by atoms with van der Waals surface area (Å²) < 4.78 is 5.58. The zero-order chi connectivity index (χ0) is 21.4. The number of rotatable bonds is 3. The zero-order valence-electron chi connectivity index (χ0n) is 17.5. The highest BCUT2D eigenvalue weighted by Gasteiger charge is 2.42. The van der Waals surface area contributed by atoms with Crippen molar-refractivity contribution in [3.63, 3.8) is 0 Å². The molecule has 31 heavy (non-hydrogen) atoms. The van der Waals surface area contributed by atoms with Crippen molar-refractivity contribution in [2.75, 3.05) is 4.90 Å². The molecular formula is C23H25N7O. The maximum absolute atomic E-state index is 6.35. The number of hydrogen-bond donors (Lipinski definition) is 2. The summed E-state index contributed by atoms with van der Waals surface area (Å²) >= 11 is 0. The first-order valence-electron chi connectivity index (χ1n) is 10.5. The largest absolute Gasteiger partial charge is 0.369 e. The lowest BCUT2D eigenvalue weighted by molar-refractivity contribution is 0.305. The second-order valence-corrected chi connectivity index (χ2v) is 8.16. The number of aromatic nitrogens is 2. The Labute approximate surface area is 180 Å². The van der Waals surface area contributed by atoms with Gasteiger partial charge < -0.3 is 16.0 Å². The summed E-state index contributed by atoms with van der Waals surface area (Å²) in [5.74, 6) is 1.61. The van der Waals surface area contributed by atoms with Crippen LogP contribution in [0.1, 0.15) is 37.7 Å². The highest BCUT2D eigenvalue weighted by Crippen LogP contribution is 2.40. The molecule has 5 rings (SSSR count). The minimum absolute atomic E-state index is 0.242. The first-order chi connectivity index (χ1) is 15.0. The number of hydrogen-bond acceptors (Lipinski definition) is 8. The van der Waals surface area contributed by atoms with Gasteiger partial charge in [-0.2, -0.15) is 9.98 Å². The Morgan fingerprint density at radius 1 is 0.968 bits per heavy atom. The van der Waals surface area contributed by atoms with Crippen LogP contribution in [0.15, 0.2) is 63.0 Å². The molecule has 1 aliphatic carbocycles. The van der Waals surface area contributed by atoms with E-state index in [1.807, 2.05) is 60.4 Å². The molecule has 1 fully saturated rings. The molecule has 158 valence electrons. The average Bonchev–Trinajstić information content (AvgIpc) is 3.24. The molecule has 2 aromatic carbocycles. The van der Waals surface area contributed by atoms with Crippen LogP contribution in [-0.4, -0.2) is 27.7 Å². The molecule has 1 saturated carbocycles. The summed E-state index contributed by atoms with van der Waals surface area (Å²) in [4.78, 5) is 15.6. The van der Waals surface area contributed by atoms with Crippen molar-refractivity contribution in [1.82, 2.24) is 10.1 Å². The molecule has 0 unspecified atom stereocenters. The average molecular weight is 416 g/mol. The number of nitrogens with zero attached hydrogens (tertiary/aromatic N) is 5. The van der Waals surface area contributed by atoms with E-state index in [0.717, 1.165) is 48.1 Å². The third-order valence-corrected chi connectivity index (χ3v) is 5.91. The van der Waals surface area contributed by atoms with Gasteiger partial charge in [-0.25, -0.2) is 4.99 Å². The molecule has 3 aromatic rings. The van der Waals surface area contributed by atoms with Gasteiger partial charge in [-0.1, -0.05) is 41.4 Å². The predicted octanol–water partition coefficient (Wildman–Crippen LogP) is 3.82. The lowest BCUT2D eigenvalue weighted by atomic mass is 9.87. The standard InChI is InChI=1S/C23H25N7O/c1-15-7-5-8-16(13-15)19-26-20(31-29-19)17-9-6-10-18(14-17)30-22(25)27-21(24)28-23(30)11-3-2-4-12-23/h5-10,13-14H,2-4,11-12H2,1H3,(H4,24,25,27,28). The molecule has 8 heteroatoms. The van der Waals surface area contributed by atoms with Crippen LogP contribution in [0.4, 0.5) is 5.69 Å². The van der Waals surface area contributed by atoms with Crippen LogP contribution >= 0.6 is 0 Å². The number of aliphatic imine (C=N–C) groups is 2. The quantitative estimate of drug-likeness (QED) is 0.671. The van der Waals surface area contributed by atoms with E-state index >= 15 is 0 Å². The first kappa shape index (κ1) is 19.3. The van der Waals surface area contributed by atoms with E-state index in [0.29, 0.717) is 17.7 Å². The molecule has 0 atom stereocenters. The number of guanidine groups is 2. The molecule has 2 aliphatic rings. The highest BCUT2D eigenvalue weighted by atomic mass is 16.5. The van der Waals surface area contributed by atoms with Crippen LogP contribution in [-0.2, 0) is 0 Å². The summed E-state index contributed by atoms with van der Waals surface area (Å²) in [7, 11) is 0. The van der Waals surface area contributed by atoms with Gasteiger partial charge in [0.15, 0.2) is 0 Å². The molecular weight excluding hydrogens is 390 g/mol. The number of aryl methyl sites for hydroxylation is 1. The highest BCUT2D eigenvalue weighted by molar-refractivity contribution is 6.05. The van der Waals surface area contributed by atoms with Gasteiger partial charge in [-0.3, -0.25) is 4.90 Å². The number of benzene rings is 2. The topological polar surface area (TPSA) is 119 Å². The van der Waals surface area contributed by atoms with Gasteiger partial charge in [0, 0.05) is 16.8 Å². The Balaban J connectivity index is 1.51. The minimum Gasteiger partial charge on any atom is -0.369 e. The van der Waals surface area contributed by atoms with E-state index in [9.17, 15) is 0 Å². The van der Waals surface area contributed by atoms with Crippen molar-refractivity contribution in [2.24, 2.45) is 21.5 Å². The van der Waals surface area contributed by atoms with Crippen LogP contribution in [0.2, 0.25) is 0 Å². The summed E-state index contributed by atoms with van der Waals surface area (Å²) in [6.07, 6.45) is 5.10. The lowest BCUT2D eigenvalue weighted by Gasteiger charge is -2.45. The Kier molecular flexibility index (Phi) is 4.69. The van der Waals surface area contributed by atoms with Crippen LogP contribution in [0, 0.1) is 6.92 Å². The monoisotopic (exact) mass is 415 g/mol. The molecule has 8 nitrogen and oxygen atoms in total. The van der Waals surface area contributed by atoms with Crippen molar-refractivity contribution in [3.8, 4) is 22.8 Å². The van der Waals surface area contributed by atoms with Crippen LogP contribution in [0.25, 0.3) is 22.8 Å². The van der Waals surface area contributed by atoms with Crippen LogP contribution in [0.5, 0.6) is 0 Å². The van der Waals surface area contributed by atoms with E-state index in [2.05, 4.69) is 15.1 Å². The second kappa shape index (κ2) is 7.54. The molecule has 0 radical (unpaired) electrons. The van der Waals surface area contributed by atoms with E-state index in [-0.39, 0.29) is 5.96 Å². The SMILES string of the molecule is Cc1cccc(-c2noc(-c3cccc(N4C(N)=NC(N)=NC45CCCCC5)c3)n2)c1. The molecule has 0 bridgehead atoms. The first-order valence-corrected chi connectivity index (χ1v) is 10.5. The molecule has 0 amide bonds. The third kappa shape index (κ3) is 3.54. The Bertz CT molecular complexity index is 1170. The van der Waals surface area contributed by atoms with Gasteiger partial charge in [0.2, 0.25) is 17.7 Å². The molecule has 1 aromatic heterocycles. The van der Waals surface area contributed by atoms with Crippen molar-refractivity contribution in [3.05, 3.63) is 54.1 Å². The number of anilines is 1. The van der Waals surface area contributed by atoms with Gasteiger partial charge >= 0.3 is 0 Å². The van der Waals surface area contributed by atoms with Crippen molar-refractivity contribution in [1.29, 1.82) is 0 Å². The van der Waals surface area contributed by atoms with Gasteiger partial charge in [-0.15, -0.1) is 0 Å². The van der Waals surface area contributed by atoms with Gasteiger partial charge in [0.25, 0.3) is 5.89 Å². The summed E-state index contributed by atoms with van der Waals surface area (Å²) in [6.45, 7) is 2.04. The smallest absolute Gasteiger partial charge is 0.258 e. The van der Waals surface area contributed by atoms with Gasteiger partial charge in [0.1, 0.15) is 5.66 Å². The normalized spacial score (nSPS) is 18.0. The maximum atomic E-state index is 6.35. The van der Waals surface area contributed by atoms with E-state index in [4.69, 9.17) is 21.0 Å². The van der Waals surface area contributed by atoms with Crippen molar-refractivity contribution >= 4 is 17.6 Å². The molecule has 0 saturated heterocycles. The number of nitrogens with two attached hydrogens (primary N) is 2. The van der Waals surface area contributed by atoms with Crippen molar-refractivity contribution < 1.29 is 4.52 Å². The second-order valence-electron chi connectivity index (χ2n) is 8.16. The Morgan fingerprint density at radius 2 is 1.74 bits per heavy atom. The van der Waals surface area contributed by atoms with E-state index < -0.39 is 5.66 Å². The zero-order valence-corrected chi connectivity index (χ0v) is 17.5.